The number of hydrogen-bond acceptors (Lipinski definition) is 3. The van der Waals surface area contributed by atoms with Crippen molar-refractivity contribution in [2.75, 3.05) is 20.2 Å². The standard InChI is InChI=1S/C15H23ClN2O2/c1-12(17)6-5-9-15(19)18(2)10-11-20-14-8-4-3-7-13(14)16/h3-4,7-8,12H,5-6,9-11,17H2,1-2H3. The van der Waals surface area contributed by atoms with Crippen molar-refractivity contribution in [1.82, 2.24) is 4.90 Å². The van der Waals surface area contributed by atoms with Crippen molar-refractivity contribution < 1.29 is 9.53 Å². The van der Waals surface area contributed by atoms with E-state index in [1.165, 1.54) is 0 Å². The molecule has 1 aromatic carbocycles. The fourth-order valence-corrected chi connectivity index (χ4v) is 1.94. The van der Waals surface area contributed by atoms with Crippen LogP contribution < -0.4 is 10.5 Å². The van der Waals surface area contributed by atoms with Crippen LogP contribution in [0.25, 0.3) is 0 Å². The molecule has 20 heavy (non-hydrogen) atoms. The van der Waals surface area contributed by atoms with E-state index in [-0.39, 0.29) is 11.9 Å². The van der Waals surface area contributed by atoms with Gasteiger partial charge in [-0.3, -0.25) is 4.79 Å². The molecule has 1 atom stereocenters. The monoisotopic (exact) mass is 298 g/mol. The number of amides is 1. The van der Waals surface area contributed by atoms with Crippen molar-refractivity contribution in [3.63, 3.8) is 0 Å². The number of rotatable bonds is 8. The summed E-state index contributed by atoms with van der Waals surface area (Å²) < 4.78 is 5.55. The van der Waals surface area contributed by atoms with Gasteiger partial charge in [0.2, 0.25) is 5.91 Å². The molecule has 5 heteroatoms. The summed E-state index contributed by atoms with van der Waals surface area (Å²) in [7, 11) is 1.78. The molecule has 0 saturated heterocycles. The molecule has 1 rings (SSSR count). The van der Waals surface area contributed by atoms with Gasteiger partial charge in [-0.2, -0.15) is 0 Å². The van der Waals surface area contributed by atoms with Crippen LogP contribution in [0.3, 0.4) is 0 Å². The minimum Gasteiger partial charge on any atom is -0.490 e. The van der Waals surface area contributed by atoms with Crippen LogP contribution in [0.1, 0.15) is 26.2 Å². The largest absolute Gasteiger partial charge is 0.490 e. The fourth-order valence-electron chi connectivity index (χ4n) is 1.75. The molecule has 1 unspecified atom stereocenters. The SMILES string of the molecule is CC(N)CCCC(=O)N(C)CCOc1ccccc1Cl. The number of nitrogens with two attached hydrogens (primary N) is 1. The Kier molecular flexibility index (Phi) is 7.41. The summed E-state index contributed by atoms with van der Waals surface area (Å²) in [5.41, 5.74) is 5.66. The van der Waals surface area contributed by atoms with Gasteiger partial charge in [0.25, 0.3) is 0 Å². The topological polar surface area (TPSA) is 55.6 Å². The van der Waals surface area contributed by atoms with Crippen molar-refractivity contribution in [1.29, 1.82) is 0 Å². The van der Waals surface area contributed by atoms with Gasteiger partial charge >= 0.3 is 0 Å². The van der Waals surface area contributed by atoms with Gasteiger partial charge in [-0.25, -0.2) is 0 Å². The summed E-state index contributed by atoms with van der Waals surface area (Å²) in [6, 6.07) is 7.46. The summed E-state index contributed by atoms with van der Waals surface area (Å²) in [5.74, 6) is 0.764. The summed E-state index contributed by atoms with van der Waals surface area (Å²) >= 11 is 5.98. The number of benzene rings is 1. The van der Waals surface area contributed by atoms with Gasteiger partial charge < -0.3 is 15.4 Å². The molecule has 4 nitrogen and oxygen atoms in total. The van der Waals surface area contributed by atoms with Gasteiger partial charge in [0.05, 0.1) is 11.6 Å². The van der Waals surface area contributed by atoms with Crippen LogP contribution in [0.4, 0.5) is 0 Å². The molecule has 0 spiro atoms. The van der Waals surface area contributed by atoms with Gasteiger partial charge in [-0.15, -0.1) is 0 Å². The molecule has 0 heterocycles. The first-order chi connectivity index (χ1) is 9.50. The lowest BCUT2D eigenvalue weighted by molar-refractivity contribution is -0.130. The Morgan fingerprint density at radius 1 is 1.45 bits per heavy atom. The summed E-state index contributed by atoms with van der Waals surface area (Å²) in [6.07, 6.45) is 2.23. The molecule has 1 amide bonds. The normalized spacial score (nSPS) is 12.0. The Bertz CT molecular complexity index is 424. The molecule has 1 aromatic rings. The molecule has 0 aliphatic rings. The van der Waals surface area contributed by atoms with Crippen LogP contribution in [0, 0.1) is 0 Å². The zero-order chi connectivity index (χ0) is 15.0. The highest BCUT2D eigenvalue weighted by Gasteiger charge is 2.09. The molecule has 0 fully saturated rings. The number of para-hydroxylation sites is 1. The molecule has 0 aliphatic heterocycles. The Morgan fingerprint density at radius 2 is 2.15 bits per heavy atom. The Morgan fingerprint density at radius 3 is 2.80 bits per heavy atom. The Labute approximate surface area is 125 Å². The van der Waals surface area contributed by atoms with Crippen LogP contribution in [0.5, 0.6) is 5.75 Å². The number of nitrogens with zero attached hydrogens (tertiary/aromatic N) is 1. The minimum atomic E-state index is 0.119. The van der Waals surface area contributed by atoms with Crippen LogP contribution >= 0.6 is 11.6 Å². The first-order valence-corrected chi connectivity index (χ1v) is 7.25. The minimum absolute atomic E-state index is 0.119. The summed E-state index contributed by atoms with van der Waals surface area (Å²) in [4.78, 5) is 13.5. The summed E-state index contributed by atoms with van der Waals surface area (Å²) in [5, 5.41) is 0.582. The average Bonchev–Trinajstić information content (AvgIpc) is 2.40. The van der Waals surface area contributed by atoms with Crippen molar-refractivity contribution >= 4 is 17.5 Å². The predicted octanol–water partition coefficient (Wildman–Crippen LogP) is 2.69. The first kappa shape index (κ1) is 16.8. The van der Waals surface area contributed by atoms with Gasteiger partial charge in [0.1, 0.15) is 12.4 Å². The van der Waals surface area contributed by atoms with E-state index in [1.807, 2.05) is 25.1 Å². The van der Waals surface area contributed by atoms with Crippen LogP contribution in [-0.2, 0) is 4.79 Å². The third kappa shape index (κ3) is 6.26. The second-order valence-corrected chi connectivity index (χ2v) is 5.37. The molecule has 0 saturated carbocycles. The third-order valence-corrected chi connectivity index (χ3v) is 3.31. The molecular weight excluding hydrogens is 276 g/mol. The Balaban J connectivity index is 2.24. The van der Waals surface area contributed by atoms with Crippen molar-refractivity contribution in [3.8, 4) is 5.75 Å². The molecule has 2 N–H and O–H groups in total. The quantitative estimate of drug-likeness (QED) is 0.803. The Hall–Kier alpha value is -1.26. The van der Waals surface area contributed by atoms with Crippen molar-refractivity contribution in [2.24, 2.45) is 5.73 Å². The number of likely N-dealkylation sites (N-methyl/N-ethyl adjacent to an activating group) is 1. The number of carbonyl (C=O) groups is 1. The molecule has 112 valence electrons. The van der Waals surface area contributed by atoms with Gasteiger partial charge in [-0.05, 0) is 31.9 Å². The fraction of sp³-hybridized carbons (Fsp3) is 0.533. The highest BCUT2D eigenvalue weighted by atomic mass is 35.5. The zero-order valence-corrected chi connectivity index (χ0v) is 12.9. The molecule has 0 aromatic heterocycles. The van der Waals surface area contributed by atoms with E-state index in [1.54, 1.807) is 18.0 Å². The van der Waals surface area contributed by atoms with E-state index >= 15 is 0 Å². The lowest BCUT2D eigenvalue weighted by Gasteiger charge is -2.18. The average molecular weight is 299 g/mol. The number of ether oxygens (including phenoxy) is 1. The van der Waals surface area contributed by atoms with Crippen molar-refractivity contribution in [3.05, 3.63) is 29.3 Å². The smallest absolute Gasteiger partial charge is 0.222 e. The van der Waals surface area contributed by atoms with E-state index < -0.39 is 0 Å². The number of halogens is 1. The number of carbonyl (C=O) groups excluding carboxylic acids is 1. The lowest BCUT2D eigenvalue weighted by Crippen LogP contribution is -2.31. The van der Waals surface area contributed by atoms with E-state index in [0.717, 1.165) is 12.8 Å². The maximum absolute atomic E-state index is 11.8. The second-order valence-electron chi connectivity index (χ2n) is 4.96. The first-order valence-electron chi connectivity index (χ1n) is 6.87. The lowest BCUT2D eigenvalue weighted by atomic mass is 10.1. The third-order valence-electron chi connectivity index (χ3n) is 3.00. The van der Waals surface area contributed by atoms with E-state index in [9.17, 15) is 4.79 Å². The van der Waals surface area contributed by atoms with Gasteiger partial charge in [0.15, 0.2) is 0 Å². The highest BCUT2D eigenvalue weighted by molar-refractivity contribution is 6.32. The molecule has 0 bridgehead atoms. The number of hydrogen-bond donors (Lipinski definition) is 1. The summed E-state index contributed by atoms with van der Waals surface area (Å²) in [6.45, 7) is 2.92. The van der Waals surface area contributed by atoms with Gasteiger partial charge in [0, 0.05) is 19.5 Å². The van der Waals surface area contributed by atoms with Crippen LogP contribution in [0.2, 0.25) is 5.02 Å². The van der Waals surface area contributed by atoms with Crippen LogP contribution in [0.15, 0.2) is 24.3 Å². The maximum atomic E-state index is 11.8. The molecule has 0 aliphatic carbocycles. The van der Waals surface area contributed by atoms with Crippen LogP contribution in [-0.4, -0.2) is 37.0 Å². The van der Waals surface area contributed by atoms with E-state index in [0.29, 0.717) is 30.3 Å². The molecule has 0 radical (unpaired) electrons. The second kappa shape index (κ2) is 8.82. The van der Waals surface area contributed by atoms with Crippen molar-refractivity contribution in [2.45, 2.75) is 32.2 Å². The predicted molar refractivity (Wildman–Crippen MR) is 82.1 cm³/mol. The van der Waals surface area contributed by atoms with E-state index in [4.69, 9.17) is 22.1 Å². The maximum Gasteiger partial charge on any atom is 0.222 e. The van der Waals surface area contributed by atoms with Gasteiger partial charge in [-0.1, -0.05) is 23.7 Å². The molecular formula is C15H23ClN2O2. The van der Waals surface area contributed by atoms with E-state index in [2.05, 4.69) is 0 Å². The zero-order valence-electron chi connectivity index (χ0n) is 12.1. The highest BCUT2D eigenvalue weighted by Crippen LogP contribution is 2.22.